The van der Waals surface area contributed by atoms with Crippen LogP contribution in [0.3, 0.4) is 0 Å². The van der Waals surface area contributed by atoms with Crippen LogP contribution in [0.15, 0.2) is 59.6 Å². The number of carbonyl (C=O) groups is 1. The smallest absolute Gasteiger partial charge is 0.317 e. The van der Waals surface area contributed by atoms with Crippen molar-refractivity contribution in [2.45, 2.75) is 25.4 Å². The number of hydrogen-bond acceptors (Lipinski definition) is 3. The number of aromatic nitrogens is 2. The maximum absolute atomic E-state index is 12.7. The standard InChI is InChI=1S/C19H20N4OS/c24-19(23-10-2-6-18(23)16-7-11-25-14-16)21-17-5-1-4-15(12-17)13-22-9-3-8-20-22/h1,3-5,7-9,11-12,14,18H,2,6,10,13H2,(H,21,24). The summed E-state index contributed by atoms with van der Waals surface area (Å²) in [6.07, 6.45) is 5.78. The van der Waals surface area contributed by atoms with Gasteiger partial charge < -0.3 is 10.2 Å². The van der Waals surface area contributed by atoms with Gasteiger partial charge in [0.1, 0.15) is 0 Å². The minimum absolute atomic E-state index is 0.0232. The molecule has 0 aliphatic carbocycles. The van der Waals surface area contributed by atoms with E-state index in [0.29, 0.717) is 6.54 Å². The van der Waals surface area contributed by atoms with Gasteiger partial charge in [-0.2, -0.15) is 16.4 Å². The van der Waals surface area contributed by atoms with E-state index in [1.54, 1.807) is 17.5 Å². The van der Waals surface area contributed by atoms with E-state index < -0.39 is 0 Å². The number of benzene rings is 1. The Morgan fingerprint density at radius 2 is 2.28 bits per heavy atom. The average Bonchev–Trinajstić information content (AvgIpc) is 3.36. The molecule has 1 atom stereocenters. The predicted octanol–water partition coefficient (Wildman–Crippen LogP) is 4.36. The summed E-state index contributed by atoms with van der Waals surface area (Å²) in [6, 6.07) is 12.1. The van der Waals surface area contributed by atoms with Gasteiger partial charge >= 0.3 is 6.03 Å². The Morgan fingerprint density at radius 1 is 1.32 bits per heavy atom. The molecule has 0 spiro atoms. The van der Waals surface area contributed by atoms with Crippen molar-refractivity contribution in [2.75, 3.05) is 11.9 Å². The number of nitrogens with one attached hydrogen (secondary N) is 1. The second kappa shape index (κ2) is 7.11. The van der Waals surface area contributed by atoms with Gasteiger partial charge in [0.25, 0.3) is 0 Å². The van der Waals surface area contributed by atoms with Crippen molar-refractivity contribution in [3.8, 4) is 0 Å². The normalized spacial score (nSPS) is 17.0. The number of hydrogen-bond donors (Lipinski definition) is 1. The van der Waals surface area contributed by atoms with Crippen LogP contribution in [0.4, 0.5) is 10.5 Å². The largest absolute Gasteiger partial charge is 0.322 e. The topological polar surface area (TPSA) is 50.2 Å². The first kappa shape index (κ1) is 15.9. The predicted molar refractivity (Wildman–Crippen MR) is 99.8 cm³/mol. The van der Waals surface area contributed by atoms with E-state index in [-0.39, 0.29) is 12.1 Å². The Bertz CT molecular complexity index is 829. The third-order valence-electron chi connectivity index (χ3n) is 4.52. The van der Waals surface area contributed by atoms with Crippen molar-refractivity contribution in [1.82, 2.24) is 14.7 Å². The van der Waals surface area contributed by atoms with Gasteiger partial charge in [-0.3, -0.25) is 4.68 Å². The number of anilines is 1. The Labute approximate surface area is 150 Å². The first-order valence-corrected chi connectivity index (χ1v) is 9.40. The summed E-state index contributed by atoms with van der Waals surface area (Å²) in [5.41, 5.74) is 3.17. The summed E-state index contributed by atoms with van der Waals surface area (Å²) in [6.45, 7) is 1.50. The number of nitrogens with zero attached hydrogens (tertiary/aromatic N) is 3. The van der Waals surface area contributed by atoms with Gasteiger partial charge in [-0.05, 0) is 59.0 Å². The van der Waals surface area contributed by atoms with Gasteiger partial charge in [0.2, 0.25) is 0 Å². The van der Waals surface area contributed by atoms with Gasteiger partial charge in [0, 0.05) is 24.6 Å². The molecule has 1 N–H and O–H groups in total. The van der Waals surface area contributed by atoms with E-state index in [2.05, 4.69) is 27.2 Å². The third kappa shape index (κ3) is 3.58. The second-order valence-electron chi connectivity index (χ2n) is 6.24. The molecule has 1 unspecified atom stereocenters. The zero-order valence-corrected chi connectivity index (χ0v) is 14.7. The molecule has 1 aliphatic heterocycles. The van der Waals surface area contributed by atoms with Crippen LogP contribution in [0, 0.1) is 0 Å². The van der Waals surface area contributed by atoms with Crippen LogP contribution < -0.4 is 5.32 Å². The molecular formula is C19H20N4OS. The summed E-state index contributed by atoms with van der Waals surface area (Å²) < 4.78 is 1.87. The molecule has 4 rings (SSSR count). The lowest BCUT2D eigenvalue weighted by Gasteiger charge is -2.24. The van der Waals surface area contributed by atoms with Crippen molar-refractivity contribution in [3.05, 3.63) is 70.7 Å². The Hall–Kier alpha value is -2.60. The molecule has 2 amide bonds. The van der Waals surface area contributed by atoms with Crippen molar-refractivity contribution in [2.24, 2.45) is 0 Å². The van der Waals surface area contributed by atoms with Crippen molar-refractivity contribution in [1.29, 1.82) is 0 Å². The summed E-state index contributed by atoms with van der Waals surface area (Å²) in [5, 5.41) is 11.5. The first-order valence-electron chi connectivity index (χ1n) is 8.46. The lowest BCUT2D eigenvalue weighted by atomic mass is 10.1. The highest BCUT2D eigenvalue weighted by Crippen LogP contribution is 2.33. The lowest BCUT2D eigenvalue weighted by Crippen LogP contribution is -2.34. The van der Waals surface area contributed by atoms with Crippen molar-refractivity contribution < 1.29 is 4.79 Å². The van der Waals surface area contributed by atoms with E-state index in [1.807, 2.05) is 46.1 Å². The molecule has 5 nitrogen and oxygen atoms in total. The lowest BCUT2D eigenvalue weighted by molar-refractivity contribution is 0.207. The minimum atomic E-state index is -0.0232. The Kier molecular flexibility index (Phi) is 4.52. The summed E-state index contributed by atoms with van der Waals surface area (Å²) in [5.74, 6) is 0. The molecule has 3 aromatic rings. The van der Waals surface area contributed by atoms with Crippen LogP contribution in [0.1, 0.15) is 30.0 Å². The molecule has 1 saturated heterocycles. The molecule has 1 aliphatic rings. The van der Waals surface area contributed by atoms with E-state index in [4.69, 9.17) is 0 Å². The van der Waals surface area contributed by atoms with Gasteiger partial charge in [-0.25, -0.2) is 4.79 Å². The fourth-order valence-corrected chi connectivity index (χ4v) is 4.05. The number of rotatable bonds is 4. The minimum Gasteiger partial charge on any atom is -0.317 e. The maximum atomic E-state index is 12.7. The molecule has 1 fully saturated rings. The average molecular weight is 352 g/mol. The van der Waals surface area contributed by atoms with Crippen molar-refractivity contribution in [3.63, 3.8) is 0 Å². The Morgan fingerprint density at radius 3 is 3.08 bits per heavy atom. The van der Waals surface area contributed by atoms with Gasteiger partial charge in [-0.15, -0.1) is 0 Å². The SMILES string of the molecule is O=C(Nc1cccc(Cn2cccn2)c1)N1CCCC1c1ccsc1. The Balaban J connectivity index is 1.45. The van der Waals surface area contributed by atoms with Crippen LogP contribution in [0.5, 0.6) is 0 Å². The van der Waals surface area contributed by atoms with Crippen LogP contribution in [0.25, 0.3) is 0 Å². The molecule has 128 valence electrons. The van der Waals surface area contributed by atoms with E-state index >= 15 is 0 Å². The quantitative estimate of drug-likeness (QED) is 0.758. The monoisotopic (exact) mass is 352 g/mol. The number of carbonyl (C=O) groups excluding carboxylic acids is 1. The van der Waals surface area contributed by atoms with E-state index in [1.165, 1.54) is 5.56 Å². The highest BCUT2D eigenvalue weighted by atomic mass is 32.1. The molecular weight excluding hydrogens is 332 g/mol. The zero-order valence-electron chi connectivity index (χ0n) is 13.8. The highest BCUT2D eigenvalue weighted by molar-refractivity contribution is 7.08. The number of thiophene rings is 1. The zero-order chi connectivity index (χ0) is 17.1. The number of amides is 2. The maximum Gasteiger partial charge on any atom is 0.322 e. The fourth-order valence-electron chi connectivity index (χ4n) is 3.34. The number of likely N-dealkylation sites (tertiary alicyclic amines) is 1. The molecule has 1 aromatic carbocycles. The second-order valence-corrected chi connectivity index (χ2v) is 7.02. The molecule has 3 heterocycles. The molecule has 25 heavy (non-hydrogen) atoms. The third-order valence-corrected chi connectivity index (χ3v) is 5.23. The first-order chi connectivity index (χ1) is 12.3. The van der Waals surface area contributed by atoms with E-state index in [0.717, 1.165) is 30.6 Å². The molecule has 2 aromatic heterocycles. The summed E-state index contributed by atoms with van der Waals surface area (Å²) in [4.78, 5) is 14.7. The molecule has 0 bridgehead atoms. The molecule has 0 radical (unpaired) electrons. The van der Waals surface area contributed by atoms with Crippen molar-refractivity contribution >= 4 is 23.1 Å². The van der Waals surface area contributed by atoms with Gasteiger partial charge in [-0.1, -0.05) is 12.1 Å². The van der Waals surface area contributed by atoms with Crippen LogP contribution in [-0.4, -0.2) is 27.3 Å². The summed E-state index contributed by atoms with van der Waals surface area (Å²) in [7, 11) is 0. The van der Waals surface area contributed by atoms with E-state index in [9.17, 15) is 4.79 Å². The van der Waals surface area contributed by atoms with Crippen LogP contribution >= 0.6 is 11.3 Å². The summed E-state index contributed by atoms with van der Waals surface area (Å²) >= 11 is 1.68. The fraction of sp³-hybridized carbons (Fsp3) is 0.263. The van der Waals surface area contributed by atoms with Gasteiger partial charge in [0.15, 0.2) is 0 Å². The number of urea groups is 1. The molecule has 6 heteroatoms. The molecule has 0 saturated carbocycles. The van der Waals surface area contributed by atoms with Crippen LogP contribution in [-0.2, 0) is 6.54 Å². The van der Waals surface area contributed by atoms with Crippen LogP contribution in [0.2, 0.25) is 0 Å². The highest BCUT2D eigenvalue weighted by Gasteiger charge is 2.30. The van der Waals surface area contributed by atoms with Gasteiger partial charge in [0.05, 0.1) is 12.6 Å².